The molecule has 10 nitrogen and oxygen atoms in total. The summed E-state index contributed by atoms with van der Waals surface area (Å²) in [4.78, 5) is 34.9. The smallest absolute Gasteiger partial charge is 0.462 e. The fraction of sp³-hybridized carbons (Fsp3) is 0.850. The number of aliphatic hydroxyl groups excluding tert-OH is 2. The van der Waals surface area contributed by atoms with Gasteiger partial charge in [-0.05, 0) is 64.2 Å². The molecule has 0 saturated carbocycles. The van der Waals surface area contributed by atoms with Crippen LogP contribution in [0.25, 0.3) is 0 Å². The minimum Gasteiger partial charge on any atom is -0.462 e. The Kier molecular flexibility index (Phi) is 35.7. The summed E-state index contributed by atoms with van der Waals surface area (Å²) in [5.74, 6) is -0.943. The van der Waals surface area contributed by atoms with E-state index in [0.717, 1.165) is 70.6 Å². The van der Waals surface area contributed by atoms with Crippen LogP contribution in [0.1, 0.15) is 181 Å². The van der Waals surface area contributed by atoms with E-state index in [4.69, 9.17) is 19.1 Å². The van der Waals surface area contributed by atoms with Gasteiger partial charge in [0.25, 0.3) is 0 Å². The Bertz CT molecular complexity index is 910. The fourth-order valence-corrected chi connectivity index (χ4v) is 6.18. The van der Waals surface area contributed by atoms with E-state index >= 15 is 0 Å². The number of hydrogen-bond acceptors (Lipinski definition) is 9. The number of rotatable bonds is 38. The van der Waals surface area contributed by atoms with E-state index in [2.05, 4.69) is 42.7 Å². The third kappa shape index (κ3) is 36.6. The Morgan fingerprint density at radius 3 is 1.43 bits per heavy atom. The van der Waals surface area contributed by atoms with Gasteiger partial charge in [0.1, 0.15) is 12.7 Å². The second kappa shape index (κ2) is 36.8. The van der Waals surface area contributed by atoms with Crippen LogP contribution >= 0.6 is 7.82 Å². The highest BCUT2D eigenvalue weighted by molar-refractivity contribution is 7.47. The van der Waals surface area contributed by atoms with Gasteiger partial charge in [-0.25, -0.2) is 4.57 Å². The minimum absolute atomic E-state index is 0.174. The first-order valence-electron chi connectivity index (χ1n) is 20.3. The molecule has 0 radical (unpaired) electrons. The molecule has 3 atom stereocenters. The maximum Gasteiger partial charge on any atom is 0.472 e. The van der Waals surface area contributed by atoms with Crippen LogP contribution in [0.2, 0.25) is 0 Å². The van der Waals surface area contributed by atoms with Crippen LogP contribution in [0.3, 0.4) is 0 Å². The second-order valence-corrected chi connectivity index (χ2v) is 15.1. The Hall–Kier alpha value is -1.55. The highest BCUT2D eigenvalue weighted by Gasteiger charge is 2.27. The minimum atomic E-state index is -4.61. The summed E-state index contributed by atoms with van der Waals surface area (Å²) in [6, 6.07) is 0. The van der Waals surface area contributed by atoms with Gasteiger partial charge in [-0.1, -0.05) is 128 Å². The molecule has 0 aliphatic heterocycles. The first-order chi connectivity index (χ1) is 24.7. The summed E-state index contributed by atoms with van der Waals surface area (Å²) in [5.41, 5.74) is 0. The van der Waals surface area contributed by atoms with Gasteiger partial charge >= 0.3 is 19.8 Å². The van der Waals surface area contributed by atoms with Crippen LogP contribution in [0.15, 0.2) is 24.3 Å². The number of allylic oxidation sites excluding steroid dienone is 4. The quantitative estimate of drug-likeness (QED) is 0.0241. The zero-order valence-electron chi connectivity index (χ0n) is 32.3. The third-order valence-corrected chi connectivity index (χ3v) is 9.53. The molecule has 0 amide bonds. The van der Waals surface area contributed by atoms with Crippen molar-refractivity contribution in [1.82, 2.24) is 0 Å². The number of unbranched alkanes of at least 4 members (excludes halogenated alkanes) is 20. The molecule has 0 rings (SSSR count). The molecular weight excluding hydrogens is 671 g/mol. The van der Waals surface area contributed by atoms with Crippen LogP contribution in [0, 0.1) is 0 Å². The van der Waals surface area contributed by atoms with Crippen LogP contribution in [0.4, 0.5) is 0 Å². The van der Waals surface area contributed by atoms with Crippen molar-refractivity contribution in [3.63, 3.8) is 0 Å². The number of esters is 2. The van der Waals surface area contributed by atoms with E-state index in [-0.39, 0.29) is 19.4 Å². The average Bonchev–Trinajstić information content (AvgIpc) is 3.12. The number of phosphoric ester groups is 1. The zero-order valence-corrected chi connectivity index (χ0v) is 33.2. The number of ether oxygens (including phenoxy) is 2. The Balaban J connectivity index is 4.35. The van der Waals surface area contributed by atoms with Gasteiger partial charge in [0.15, 0.2) is 6.10 Å². The highest BCUT2D eigenvalue weighted by Crippen LogP contribution is 2.43. The molecule has 0 aromatic rings. The summed E-state index contributed by atoms with van der Waals surface area (Å²) < 4.78 is 32.6. The lowest BCUT2D eigenvalue weighted by molar-refractivity contribution is -0.161. The number of hydrogen-bond donors (Lipinski definition) is 3. The molecule has 0 heterocycles. The predicted octanol–water partition coefficient (Wildman–Crippen LogP) is 10.2. The normalized spacial score (nSPS) is 14.2. The van der Waals surface area contributed by atoms with Crippen molar-refractivity contribution in [1.29, 1.82) is 0 Å². The number of carbonyl (C=O) groups is 2. The van der Waals surface area contributed by atoms with Crippen molar-refractivity contribution in [2.75, 3.05) is 26.4 Å². The van der Waals surface area contributed by atoms with E-state index in [0.29, 0.717) is 12.8 Å². The monoisotopic (exact) mass is 747 g/mol. The van der Waals surface area contributed by atoms with Gasteiger partial charge in [0.2, 0.25) is 0 Å². The molecule has 3 N–H and O–H groups in total. The maximum absolute atomic E-state index is 12.6. The molecule has 0 aromatic heterocycles. The van der Waals surface area contributed by atoms with Crippen molar-refractivity contribution in [3.05, 3.63) is 24.3 Å². The van der Waals surface area contributed by atoms with Crippen LogP contribution in [0.5, 0.6) is 0 Å². The Morgan fingerprint density at radius 1 is 0.569 bits per heavy atom. The number of carbonyl (C=O) groups excluding carboxylic acids is 2. The summed E-state index contributed by atoms with van der Waals surface area (Å²) >= 11 is 0. The lowest BCUT2D eigenvalue weighted by Crippen LogP contribution is -2.29. The SMILES string of the molecule is CCCCCCC=CCCCCCCCC(=O)OC(COC(=O)CCCCCCCC=CCCCCCCCC)COP(=O)(O)OCC(O)CO. The van der Waals surface area contributed by atoms with E-state index in [1.807, 2.05) is 0 Å². The molecule has 0 fully saturated rings. The zero-order chi connectivity index (χ0) is 37.7. The predicted molar refractivity (Wildman–Crippen MR) is 205 cm³/mol. The summed E-state index contributed by atoms with van der Waals surface area (Å²) in [5, 5.41) is 18.3. The van der Waals surface area contributed by atoms with Crippen LogP contribution < -0.4 is 0 Å². The summed E-state index contributed by atoms with van der Waals surface area (Å²) in [6.07, 6.45) is 34.3. The van der Waals surface area contributed by atoms with E-state index in [1.54, 1.807) is 0 Å². The topological polar surface area (TPSA) is 149 Å². The first-order valence-corrected chi connectivity index (χ1v) is 21.8. The lowest BCUT2D eigenvalue weighted by Gasteiger charge is -2.20. The molecule has 0 bridgehead atoms. The second-order valence-electron chi connectivity index (χ2n) is 13.7. The van der Waals surface area contributed by atoms with Gasteiger partial charge in [-0.3, -0.25) is 18.6 Å². The summed E-state index contributed by atoms with van der Waals surface area (Å²) in [7, 11) is -4.61. The van der Waals surface area contributed by atoms with Gasteiger partial charge in [-0.2, -0.15) is 0 Å². The van der Waals surface area contributed by atoms with Crippen molar-refractivity contribution in [2.45, 2.75) is 193 Å². The molecule has 300 valence electrons. The Morgan fingerprint density at radius 2 is 0.961 bits per heavy atom. The van der Waals surface area contributed by atoms with Crippen LogP contribution in [-0.2, 0) is 32.7 Å². The number of phosphoric acid groups is 1. The van der Waals surface area contributed by atoms with Crippen molar-refractivity contribution < 1.29 is 47.8 Å². The molecule has 0 spiro atoms. The molecule has 0 aliphatic rings. The van der Waals surface area contributed by atoms with Gasteiger partial charge in [0.05, 0.1) is 19.8 Å². The highest BCUT2D eigenvalue weighted by atomic mass is 31.2. The molecule has 0 aromatic carbocycles. The first kappa shape index (κ1) is 49.5. The van der Waals surface area contributed by atoms with Crippen LogP contribution in [-0.4, -0.2) is 65.7 Å². The summed E-state index contributed by atoms with van der Waals surface area (Å²) in [6.45, 7) is 2.34. The van der Waals surface area contributed by atoms with E-state index < -0.39 is 51.8 Å². The molecule has 0 saturated heterocycles. The molecule has 11 heteroatoms. The molecule has 3 unspecified atom stereocenters. The molecule has 0 aliphatic carbocycles. The van der Waals surface area contributed by atoms with Crippen molar-refractivity contribution >= 4 is 19.8 Å². The standard InChI is InChI=1S/C40H75O10P/c1-3-5-7-9-11-13-15-17-18-20-21-23-25-27-29-31-39(43)47-35-38(36-49-51(45,46)48-34-37(42)33-41)50-40(44)32-30-28-26-24-22-19-16-14-12-10-8-6-4-2/h14,16-18,37-38,41-42H,3-13,15,19-36H2,1-2H3,(H,45,46). The average molecular weight is 747 g/mol. The van der Waals surface area contributed by atoms with E-state index in [1.165, 1.54) is 70.6 Å². The maximum atomic E-state index is 12.6. The fourth-order valence-electron chi connectivity index (χ4n) is 5.39. The van der Waals surface area contributed by atoms with Gasteiger partial charge in [0, 0.05) is 12.8 Å². The van der Waals surface area contributed by atoms with E-state index in [9.17, 15) is 24.2 Å². The third-order valence-electron chi connectivity index (χ3n) is 8.58. The Labute approximate surface area is 310 Å². The number of aliphatic hydroxyl groups is 2. The largest absolute Gasteiger partial charge is 0.472 e. The van der Waals surface area contributed by atoms with Gasteiger partial charge in [-0.15, -0.1) is 0 Å². The van der Waals surface area contributed by atoms with Crippen molar-refractivity contribution in [2.24, 2.45) is 0 Å². The lowest BCUT2D eigenvalue weighted by atomic mass is 10.1. The van der Waals surface area contributed by atoms with Crippen molar-refractivity contribution in [3.8, 4) is 0 Å². The molecule has 51 heavy (non-hydrogen) atoms. The molecular formula is C40H75O10P. The van der Waals surface area contributed by atoms with Gasteiger partial charge < -0.3 is 24.6 Å².